The van der Waals surface area contributed by atoms with Crippen molar-refractivity contribution < 1.29 is 9.13 Å². The molecule has 5 rings (SSSR count). The van der Waals surface area contributed by atoms with Gasteiger partial charge in [0, 0.05) is 49.2 Å². The molecule has 0 aliphatic carbocycles. The van der Waals surface area contributed by atoms with E-state index in [0.29, 0.717) is 12.2 Å². The molecule has 0 amide bonds. The van der Waals surface area contributed by atoms with Crippen LogP contribution in [0.4, 0.5) is 10.2 Å². The van der Waals surface area contributed by atoms with Crippen molar-refractivity contribution in [2.45, 2.75) is 19.9 Å². The zero-order valence-electron chi connectivity index (χ0n) is 17.2. The maximum Gasteiger partial charge on any atom is 0.274 e. The Morgan fingerprint density at radius 1 is 1.10 bits per heavy atom. The number of aryl methyl sites for hydroxylation is 1. The average molecular weight is 417 g/mol. The van der Waals surface area contributed by atoms with E-state index < -0.39 is 5.82 Å². The summed E-state index contributed by atoms with van der Waals surface area (Å²) in [7, 11) is 1.45. The Balaban J connectivity index is 1.51. The Bertz CT molecular complexity index is 1370. The number of benzene rings is 1. The van der Waals surface area contributed by atoms with Crippen LogP contribution in [0, 0.1) is 12.7 Å². The molecule has 1 aliphatic rings. The summed E-state index contributed by atoms with van der Waals surface area (Å²) in [5.41, 5.74) is 5.11. The minimum atomic E-state index is -0.397. The van der Waals surface area contributed by atoms with Gasteiger partial charge in [-0.05, 0) is 47.9 Å². The lowest BCUT2D eigenvalue weighted by molar-refractivity contribution is 0.387. The van der Waals surface area contributed by atoms with Crippen molar-refractivity contribution in [3.63, 3.8) is 0 Å². The van der Waals surface area contributed by atoms with Crippen LogP contribution >= 0.6 is 0 Å². The minimum Gasteiger partial charge on any atom is -0.494 e. The van der Waals surface area contributed by atoms with Crippen molar-refractivity contribution in [3.8, 4) is 16.9 Å². The van der Waals surface area contributed by atoms with Gasteiger partial charge < -0.3 is 9.64 Å². The SMILES string of the molecule is COc1cc(-c2cnc3c(c2)CN(c2nn4c(=O)ccnc4cc2C)CC3)ccc1F. The van der Waals surface area contributed by atoms with Crippen LogP contribution in [0.2, 0.25) is 0 Å². The molecular formula is C23H20FN5O2. The maximum atomic E-state index is 13.8. The first-order valence-electron chi connectivity index (χ1n) is 9.96. The maximum absolute atomic E-state index is 13.8. The van der Waals surface area contributed by atoms with Crippen LogP contribution in [-0.2, 0) is 13.0 Å². The summed E-state index contributed by atoms with van der Waals surface area (Å²) in [6.45, 7) is 3.33. The second-order valence-electron chi connectivity index (χ2n) is 7.55. The van der Waals surface area contributed by atoms with Crippen molar-refractivity contribution in [1.82, 2.24) is 19.6 Å². The van der Waals surface area contributed by atoms with Gasteiger partial charge in [0.25, 0.3) is 5.56 Å². The molecule has 1 aromatic carbocycles. The molecule has 0 N–H and O–H groups in total. The summed E-state index contributed by atoms with van der Waals surface area (Å²) in [5.74, 6) is 0.555. The van der Waals surface area contributed by atoms with E-state index in [2.05, 4.69) is 26.0 Å². The number of hydrogen-bond acceptors (Lipinski definition) is 6. The molecule has 1 aliphatic heterocycles. The van der Waals surface area contributed by atoms with Gasteiger partial charge >= 0.3 is 0 Å². The molecule has 0 spiro atoms. The third kappa shape index (κ3) is 3.39. The lowest BCUT2D eigenvalue weighted by Crippen LogP contribution is -2.33. The largest absolute Gasteiger partial charge is 0.494 e. The Kier molecular flexibility index (Phi) is 4.62. The highest BCUT2D eigenvalue weighted by molar-refractivity contribution is 5.66. The third-order valence-electron chi connectivity index (χ3n) is 5.57. The third-order valence-corrected chi connectivity index (χ3v) is 5.57. The van der Waals surface area contributed by atoms with Gasteiger partial charge in [0.05, 0.1) is 7.11 Å². The first-order chi connectivity index (χ1) is 15.0. The molecule has 0 fully saturated rings. The minimum absolute atomic E-state index is 0.201. The van der Waals surface area contributed by atoms with Crippen molar-refractivity contribution in [1.29, 1.82) is 0 Å². The molecule has 0 unspecified atom stereocenters. The highest BCUT2D eigenvalue weighted by atomic mass is 19.1. The van der Waals surface area contributed by atoms with Gasteiger partial charge in [-0.1, -0.05) is 6.07 Å². The van der Waals surface area contributed by atoms with E-state index in [0.717, 1.165) is 46.7 Å². The fourth-order valence-corrected chi connectivity index (χ4v) is 3.96. The monoisotopic (exact) mass is 417 g/mol. The van der Waals surface area contributed by atoms with Crippen LogP contribution in [0.15, 0.2) is 53.6 Å². The standard InChI is InChI=1S/C23H20FN5O2/c1-14-9-21-25-7-5-22(30)29(21)27-23(14)28-8-6-19-17(13-28)10-16(12-26-19)15-3-4-18(24)20(11-15)31-2/h3-5,7,9-12H,6,8,13H2,1-2H3. The van der Waals surface area contributed by atoms with Crippen molar-refractivity contribution in [2.24, 2.45) is 0 Å². The average Bonchev–Trinajstić information content (AvgIpc) is 2.78. The second-order valence-corrected chi connectivity index (χ2v) is 7.55. The Hall–Kier alpha value is -3.81. The van der Waals surface area contributed by atoms with Crippen LogP contribution < -0.4 is 15.2 Å². The zero-order chi connectivity index (χ0) is 21.5. The molecule has 0 atom stereocenters. The molecule has 0 bridgehead atoms. The molecule has 3 aromatic heterocycles. The molecule has 0 radical (unpaired) electrons. The summed E-state index contributed by atoms with van der Waals surface area (Å²) >= 11 is 0. The summed E-state index contributed by atoms with van der Waals surface area (Å²) in [4.78, 5) is 23.2. The van der Waals surface area contributed by atoms with E-state index in [1.807, 2.05) is 19.2 Å². The van der Waals surface area contributed by atoms with Gasteiger partial charge in [0.15, 0.2) is 23.0 Å². The molecule has 7 nitrogen and oxygen atoms in total. The number of fused-ring (bicyclic) bond motifs is 2. The topological polar surface area (TPSA) is 72.6 Å². The highest BCUT2D eigenvalue weighted by Crippen LogP contribution is 2.30. The number of methoxy groups -OCH3 is 1. The summed E-state index contributed by atoms with van der Waals surface area (Å²) in [6.07, 6.45) is 4.07. The van der Waals surface area contributed by atoms with E-state index in [-0.39, 0.29) is 11.3 Å². The number of hydrogen-bond donors (Lipinski definition) is 0. The van der Waals surface area contributed by atoms with Gasteiger partial charge in [0.1, 0.15) is 0 Å². The van der Waals surface area contributed by atoms with E-state index in [1.165, 1.54) is 30.0 Å². The molecule has 31 heavy (non-hydrogen) atoms. The van der Waals surface area contributed by atoms with Crippen molar-refractivity contribution >= 4 is 11.5 Å². The fraction of sp³-hybridized carbons (Fsp3) is 0.217. The van der Waals surface area contributed by atoms with Gasteiger partial charge in [0.2, 0.25) is 0 Å². The van der Waals surface area contributed by atoms with E-state index >= 15 is 0 Å². The molecule has 0 saturated carbocycles. The lowest BCUT2D eigenvalue weighted by atomic mass is 10.00. The molecule has 8 heteroatoms. The fourth-order valence-electron chi connectivity index (χ4n) is 3.96. The number of nitrogens with zero attached hydrogens (tertiary/aromatic N) is 5. The molecule has 0 saturated heterocycles. The zero-order valence-corrected chi connectivity index (χ0v) is 17.2. The number of pyridine rings is 1. The smallest absolute Gasteiger partial charge is 0.274 e. The van der Waals surface area contributed by atoms with Gasteiger partial charge in [-0.3, -0.25) is 9.78 Å². The van der Waals surface area contributed by atoms with Crippen LogP contribution in [0.3, 0.4) is 0 Å². The highest BCUT2D eigenvalue weighted by Gasteiger charge is 2.21. The normalized spacial score (nSPS) is 13.3. The summed E-state index contributed by atoms with van der Waals surface area (Å²) in [5, 5.41) is 4.57. The molecular weight excluding hydrogens is 397 g/mol. The van der Waals surface area contributed by atoms with Gasteiger partial charge in [-0.2, -0.15) is 4.52 Å². The number of aromatic nitrogens is 4. The molecule has 4 aromatic rings. The number of anilines is 1. The van der Waals surface area contributed by atoms with Crippen LogP contribution in [0.25, 0.3) is 16.8 Å². The van der Waals surface area contributed by atoms with Crippen LogP contribution in [0.5, 0.6) is 5.75 Å². The first-order valence-corrected chi connectivity index (χ1v) is 9.96. The summed E-state index contributed by atoms with van der Waals surface area (Å²) < 4.78 is 20.2. The number of halogens is 1. The van der Waals surface area contributed by atoms with Crippen LogP contribution in [0.1, 0.15) is 16.8 Å². The Morgan fingerprint density at radius 3 is 2.81 bits per heavy atom. The second kappa shape index (κ2) is 7.46. The molecule has 156 valence electrons. The first kappa shape index (κ1) is 19.2. The van der Waals surface area contributed by atoms with Crippen LogP contribution in [-0.4, -0.2) is 33.2 Å². The predicted octanol–water partition coefficient (Wildman–Crippen LogP) is 3.17. The predicted molar refractivity (Wildman–Crippen MR) is 115 cm³/mol. The van der Waals surface area contributed by atoms with Gasteiger partial charge in [-0.25, -0.2) is 9.37 Å². The Labute approximate surface area is 177 Å². The molecule has 4 heterocycles. The lowest BCUT2D eigenvalue weighted by Gasteiger charge is -2.30. The van der Waals surface area contributed by atoms with Gasteiger partial charge in [-0.15, -0.1) is 5.10 Å². The quantitative estimate of drug-likeness (QED) is 0.510. The number of rotatable bonds is 3. The Morgan fingerprint density at radius 2 is 1.97 bits per heavy atom. The van der Waals surface area contributed by atoms with E-state index in [1.54, 1.807) is 12.1 Å². The van der Waals surface area contributed by atoms with Crippen molar-refractivity contribution in [3.05, 3.63) is 81.8 Å². The number of ether oxygens (including phenoxy) is 1. The van der Waals surface area contributed by atoms with E-state index in [4.69, 9.17) is 4.74 Å². The van der Waals surface area contributed by atoms with E-state index in [9.17, 15) is 9.18 Å². The summed E-state index contributed by atoms with van der Waals surface area (Å²) in [6, 6.07) is 10.1. The van der Waals surface area contributed by atoms with Crippen molar-refractivity contribution in [2.75, 3.05) is 18.6 Å².